The minimum absolute atomic E-state index is 0.233. The highest BCUT2D eigenvalue weighted by atomic mass is 16.5. The van der Waals surface area contributed by atoms with Crippen molar-refractivity contribution in [2.75, 3.05) is 36.7 Å². The number of ketones is 1. The van der Waals surface area contributed by atoms with E-state index in [4.69, 9.17) is 9.47 Å². The monoisotopic (exact) mass is 510 g/mol. The van der Waals surface area contributed by atoms with Crippen molar-refractivity contribution in [3.63, 3.8) is 0 Å². The van der Waals surface area contributed by atoms with Crippen molar-refractivity contribution in [2.45, 2.75) is 20.4 Å². The number of methoxy groups -OCH3 is 1. The number of nitrogens with one attached hydrogen (secondary N) is 2. The second-order valence-electron chi connectivity index (χ2n) is 9.30. The summed E-state index contributed by atoms with van der Waals surface area (Å²) >= 11 is 0. The quantitative estimate of drug-likeness (QED) is 0.297. The van der Waals surface area contributed by atoms with Crippen molar-refractivity contribution in [2.24, 2.45) is 0 Å². The van der Waals surface area contributed by atoms with Crippen LogP contribution in [0.3, 0.4) is 0 Å². The fourth-order valence-corrected chi connectivity index (χ4v) is 4.74. The van der Waals surface area contributed by atoms with Gasteiger partial charge in [-0.25, -0.2) is 4.79 Å². The van der Waals surface area contributed by atoms with Crippen molar-refractivity contribution in [1.82, 2.24) is 4.57 Å². The molecule has 0 spiro atoms. The highest BCUT2D eigenvalue weighted by Crippen LogP contribution is 2.36. The predicted molar refractivity (Wildman–Crippen MR) is 152 cm³/mol. The third kappa shape index (κ3) is 4.56. The molecule has 4 aromatic rings. The molecule has 38 heavy (non-hydrogen) atoms. The van der Waals surface area contributed by atoms with Gasteiger partial charge in [-0.1, -0.05) is 0 Å². The normalized spacial score (nSPS) is 13.4. The third-order valence-corrected chi connectivity index (χ3v) is 6.74. The molecular weight excluding hydrogens is 480 g/mol. The number of rotatable bonds is 6. The number of hydrogen-bond acceptors (Lipinski definition) is 5. The van der Waals surface area contributed by atoms with Gasteiger partial charge in [0.1, 0.15) is 11.5 Å². The first-order valence-corrected chi connectivity index (χ1v) is 12.4. The van der Waals surface area contributed by atoms with E-state index in [1.54, 1.807) is 31.4 Å². The van der Waals surface area contributed by atoms with Crippen LogP contribution in [0, 0.1) is 6.92 Å². The maximum atomic E-state index is 13.3. The molecule has 0 saturated heterocycles. The Kier molecular flexibility index (Phi) is 6.55. The first-order chi connectivity index (χ1) is 18.3. The summed E-state index contributed by atoms with van der Waals surface area (Å²) in [6.45, 7) is 4.91. The number of aromatic nitrogens is 1. The lowest BCUT2D eigenvalue weighted by Crippen LogP contribution is -2.19. The summed E-state index contributed by atoms with van der Waals surface area (Å²) in [7, 11) is 5.54. The molecule has 2 N–H and O–H groups in total. The van der Waals surface area contributed by atoms with Gasteiger partial charge in [-0.05, 0) is 80.6 Å². The van der Waals surface area contributed by atoms with E-state index >= 15 is 0 Å². The number of Topliss-reactive ketones (excluding diaryl/α,β-unsaturated/α-hetero) is 1. The van der Waals surface area contributed by atoms with Crippen LogP contribution in [0.5, 0.6) is 11.5 Å². The minimum Gasteiger partial charge on any atom is -0.497 e. The van der Waals surface area contributed by atoms with Crippen molar-refractivity contribution in [1.29, 1.82) is 0 Å². The molecule has 2 amide bonds. The Labute approximate surface area is 221 Å². The fourth-order valence-electron chi connectivity index (χ4n) is 4.74. The van der Waals surface area contributed by atoms with Crippen LogP contribution in [0.25, 0.3) is 17.0 Å². The van der Waals surface area contributed by atoms with Gasteiger partial charge >= 0.3 is 6.03 Å². The van der Waals surface area contributed by atoms with Crippen LogP contribution in [0.15, 0.2) is 66.4 Å². The Morgan fingerprint density at radius 2 is 1.74 bits per heavy atom. The van der Waals surface area contributed by atoms with Crippen molar-refractivity contribution < 1.29 is 19.1 Å². The molecule has 0 unspecified atom stereocenters. The molecule has 8 nitrogen and oxygen atoms in total. The first kappa shape index (κ1) is 25.0. The SMILES string of the molecule is CCn1c(C)c(/C=C2\Oc3ccc(NC(=O)Nc4ccc(N(C)C)cc4)cc3C2=O)c2cc(OC)ccc21. The molecule has 0 bridgehead atoms. The molecule has 0 saturated carbocycles. The average Bonchev–Trinajstić information content (AvgIpc) is 3.36. The van der Waals surface area contributed by atoms with Crippen LogP contribution >= 0.6 is 0 Å². The molecule has 1 aliphatic heterocycles. The van der Waals surface area contributed by atoms with Gasteiger partial charge in [0, 0.05) is 59.9 Å². The van der Waals surface area contributed by atoms with Gasteiger partial charge in [0.2, 0.25) is 5.78 Å². The van der Waals surface area contributed by atoms with Crippen molar-refractivity contribution >= 4 is 45.9 Å². The maximum absolute atomic E-state index is 13.3. The molecule has 1 aliphatic rings. The summed E-state index contributed by atoms with van der Waals surface area (Å²) < 4.78 is 13.6. The number of benzene rings is 3. The highest BCUT2D eigenvalue weighted by Gasteiger charge is 2.29. The smallest absolute Gasteiger partial charge is 0.323 e. The van der Waals surface area contributed by atoms with Crippen LogP contribution in [-0.2, 0) is 6.54 Å². The number of urea groups is 1. The van der Waals surface area contributed by atoms with E-state index in [0.717, 1.165) is 40.1 Å². The van der Waals surface area contributed by atoms with E-state index in [1.165, 1.54) is 0 Å². The van der Waals surface area contributed by atoms with Gasteiger partial charge in [0.25, 0.3) is 0 Å². The van der Waals surface area contributed by atoms with Gasteiger partial charge < -0.3 is 29.6 Å². The number of hydrogen-bond donors (Lipinski definition) is 2. The van der Waals surface area contributed by atoms with Crippen LogP contribution < -0.4 is 25.0 Å². The molecule has 1 aromatic heterocycles. The van der Waals surface area contributed by atoms with Crippen LogP contribution in [0.1, 0.15) is 28.5 Å². The zero-order valence-electron chi connectivity index (χ0n) is 22.1. The van der Waals surface area contributed by atoms with E-state index < -0.39 is 6.03 Å². The number of nitrogens with zero attached hydrogens (tertiary/aromatic N) is 2. The third-order valence-electron chi connectivity index (χ3n) is 6.74. The summed E-state index contributed by atoms with van der Waals surface area (Å²) in [5, 5.41) is 6.59. The summed E-state index contributed by atoms with van der Waals surface area (Å²) in [5.74, 6) is 1.21. The number of aryl methyl sites for hydroxylation is 1. The molecule has 0 aliphatic carbocycles. The molecule has 3 aromatic carbocycles. The molecule has 0 radical (unpaired) electrons. The summed E-state index contributed by atoms with van der Waals surface area (Å²) in [5.41, 5.74) is 5.60. The second kappa shape index (κ2) is 9.97. The lowest BCUT2D eigenvalue weighted by molar-refractivity contribution is 0.101. The number of carbonyl (C=O) groups excluding carboxylic acids is 2. The molecule has 194 valence electrons. The largest absolute Gasteiger partial charge is 0.497 e. The average molecular weight is 511 g/mol. The Bertz CT molecular complexity index is 1580. The highest BCUT2D eigenvalue weighted by molar-refractivity contribution is 6.16. The summed E-state index contributed by atoms with van der Waals surface area (Å²) in [6, 6.07) is 18.1. The van der Waals surface area contributed by atoms with Gasteiger partial charge in [-0.2, -0.15) is 0 Å². The Hall–Kier alpha value is -4.72. The Morgan fingerprint density at radius 3 is 2.42 bits per heavy atom. The zero-order valence-corrected chi connectivity index (χ0v) is 22.1. The van der Waals surface area contributed by atoms with Crippen molar-refractivity contribution in [3.8, 4) is 11.5 Å². The molecule has 0 atom stereocenters. The first-order valence-electron chi connectivity index (χ1n) is 12.4. The number of amides is 2. The second-order valence-corrected chi connectivity index (χ2v) is 9.30. The summed E-state index contributed by atoms with van der Waals surface area (Å²) in [4.78, 5) is 27.8. The van der Waals surface area contributed by atoms with Gasteiger partial charge in [-0.15, -0.1) is 0 Å². The maximum Gasteiger partial charge on any atom is 0.323 e. The number of allylic oxidation sites excluding steroid dienone is 1. The van der Waals surface area contributed by atoms with Crippen LogP contribution in [0.2, 0.25) is 0 Å². The molecule has 0 fully saturated rings. The number of carbonyl (C=O) groups is 2. The van der Waals surface area contributed by atoms with Crippen LogP contribution in [0.4, 0.5) is 21.9 Å². The number of fused-ring (bicyclic) bond motifs is 2. The van der Waals surface area contributed by atoms with Gasteiger partial charge in [0.05, 0.1) is 12.7 Å². The van der Waals surface area contributed by atoms with E-state index in [1.807, 2.05) is 68.4 Å². The van der Waals surface area contributed by atoms with Gasteiger partial charge in [0.15, 0.2) is 5.76 Å². The molecule has 2 heterocycles. The fraction of sp³-hybridized carbons (Fsp3) is 0.200. The van der Waals surface area contributed by atoms with Crippen LogP contribution in [-0.4, -0.2) is 37.6 Å². The number of anilines is 3. The molecule has 8 heteroatoms. The van der Waals surface area contributed by atoms with E-state index in [9.17, 15) is 9.59 Å². The van der Waals surface area contributed by atoms with E-state index in [-0.39, 0.29) is 11.5 Å². The Morgan fingerprint density at radius 1 is 1.03 bits per heavy atom. The lowest BCUT2D eigenvalue weighted by Gasteiger charge is -2.13. The Balaban J connectivity index is 1.37. The van der Waals surface area contributed by atoms with Crippen molar-refractivity contribution in [3.05, 3.63) is 83.2 Å². The summed E-state index contributed by atoms with van der Waals surface area (Å²) in [6.07, 6.45) is 1.79. The van der Waals surface area contributed by atoms with Gasteiger partial charge in [-0.3, -0.25) is 4.79 Å². The zero-order chi connectivity index (χ0) is 27.0. The van der Waals surface area contributed by atoms with E-state index in [0.29, 0.717) is 22.7 Å². The topological polar surface area (TPSA) is 84.8 Å². The molecular formula is C30H30N4O4. The lowest BCUT2D eigenvalue weighted by atomic mass is 10.1. The minimum atomic E-state index is -0.401. The number of ether oxygens (including phenoxy) is 2. The standard InChI is InChI=1S/C30H30N4O4/c1-6-34-18(2)23(24-16-22(37-5)12-13-26(24)34)17-28-29(35)25-15-20(9-14-27(25)38-28)32-30(36)31-19-7-10-21(11-8-19)33(3)4/h7-17H,6H2,1-5H3,(H2,31,32,36)/b28-17-. The van der Waals surface area contributed by atoms with E-state index in [2.05, 4.69) is 22.1 Å². The molecule has 5 rings (SSSR count). The predicted octanol–water partition coefficient (Wildman–Crippen LogP) is 6.30.